The number of methoxy groups -OCH3 is 1. The molecule has 0 bridgehead atoms. The van der Waals surface area contributed by atoms with Crippen molar-refractivity contribution < 1.29 is 22.8 Å². The van der Waals surface area contributed by atoms with Gasteiger partial charge in [-0.2, -0.15) is 13.8 Å². The number of ether oxygens (including phenoxy) is 2. The van der Waals surface area contributed by atoms with Gasteiger partial charge in [-0.05, 0) is 38.5 Å². The quantitative estimate of drug-likeness (QED) is 0.362. The van der Waals surface area contributed by atoms with E-state index in [-0.39, 0.29) is 12.3 Å². The normalized spacial score (nSPS) is 11.6. The van der Waals surface area contributed by atoms with E-state index in [2.05, 4.69) is 30.5 Å². The van der Waals surface area contributed by atoms with Gasteiger partial charge in [0.15, 0.2) is 11.8 Å². The van der Waals surface area contributed by atoms with E-state index in [4.69, 9.17) is 9.26 Å². The van der Waals surface area contributed by atoms with Crippen molar-refractivity contribution in [3.63, 3.8) is 0 Å². The molecule has 2 N–H and O–H groups in total. The summed E-state index contributed by atoms with van der Waals surface area (Å²) >= 11 is 0. The fourth-order valence-corrected chi connectivity index (χ4v) is 2.41. The predicted molar refractivity (Wildman–Crippen MR) is 99.8 cm³/mol. The molecule has 0 radical (unpaired) electrons. The van der Waals surface area contributed by atoms with Gasteiger partial charge in [0, 0.05) is 25.1 Å². The molecule has 8 nitrogen and oxygen atoms in total. The number of guanidine groups is 1. The molecule has 0 saturated heterocycles. The number of hydrogen-bond donors (Lipinski definition) is 2. The molecule has 0 aliphatic rings. The van der Waals surface area contributed by atoms with E-state index in [0.717, 1.165) is 6.42 Å². The standard InChI is InChI=1S/C18H25F2N5O3/c1-4-21-18(22-9-5-6-16-24-12(2)25-28-16)23-11-13-10-14(26-3)7-8-15(13)27-17(19)20/h7-8,10,17H,4-6,9,11H2,1-3H3,(H2,21,22,23). The van der Waals surface area contributed by atoms with Crippen molar-refractivity contribution >= 4 is 5.96 Å². The van der Waals surface area contributed by atoms with Crippen LogP contribution in [0.2, 0.25) is 0 Å². The molecule has 0 unspecified atom stereocenters. The molecule has 154 valence electrons. The lowest BCUT2D eigenvalue weighted by molar-refractivity contribution is -0.0504. The molecule has 0 atom stereocenters. The third-order valence-corrected chi connectivity index (χ3v) is 3.66. The minimum absolute atomic E-state index is 0.0714. The zero-order valence-electron chi connectivity index (χ0n) is 16.2. The van der Waals surface area contributed by atoms with Crippen LogP contribution in [0.3, 0.4) is 0 Å². The average molecular weight is 397 g/mol. The highest BCUT2D eigenvalue weighted by Crippen LogP contribution is 2.26. The summed E-state index contributed by atoms with van der Waals surface area (Å²) in [5, 5.41) is 10.0. The first-order valence-corrected chi connectivity index (χ1v) is 8.95. The molecular weight excluding hydrogens is 372 g/mol. The number of rotatable bonds is 10. The van der Waals surface area contributed by atoms with Gasteiger partial charge in [-0.1, -0.05) is 5.16 Å². The summed E-state index contributed by atoms with van der Waals surface area (Å²) in [4.78, 5) is 8.59. The van der Waals surface area contributed by atoms with E-state index in [1.165, 1.54) is 13.2 Å². The molecule has 2 aromatic rings. The Hall–Kier alpha value is -2.91. The fraction of sp³-hybridized carbons (Fsp3) is 0.500. The van der Waals surface area contributed by atoms with Crippen molar-refractivity contribution in [1.82, 2.24) is 20.8 Å². The molecule has 10 heteroatoms. The minimum atomic E-state index is -2.91. The van der Waals surface area contributed by atoms with Gasteiger partial charge in [0.2, 0.25) is 5.89 Å². The van der Waals surface area contributed by atoms with Crippen LogP contribution in [0.4, 0.5) is 8.78 Å². The first kappa shape index (κ1) is 21.4. The molecule has 2 rings (SSSR count). The minimum Gasteiger partial charge on any atom is -0.497 e. The molecule has 0 saturated carbocycles. The fourth-order valence-electron chi connectivity index (χ4n) is 2.41. The van der Waals surface area contributed by atoms with E-state index in [9.17, 15) is 8.78 Å². The number of hydrogen-bond acceptors (Lipinski definition) is 6. The summed E-state index contributed by atoms with van der Waals surface area (Å²) in [5.41, 5.74) is 0.498. The van der Waals surface area contributed by atoms with Crippen LogP contribution in [0, 0.1) is 6.92 Å². The average Bonchev–Trinajstić information content (AvgIpc) is 3.08. The van der Waals surface area contributed by atoms with Crippen molar-refractivity contribution in [3.8, 4) is 11.5 Å². The van der Waals surface area contributed by atoms with Crippen LogP contribution in [0.1, 0.15) is 30.6 Å². The number of aromatic nitrogens is 2. The molecular formula is C18H25F2N5O3. The van der Waals surface area contributed by atoms with E-state index in [1.54, 1.807) is 19.1 Å². The number of aryl methyl sites for hydroxylation is 2. The van der Waals surface area contributed by atoms with E-state index < -0.39 is 6.61 Å². The van der Waals surface area contributed by atoms with Crippen LogP contribution in [0.5, 0.6) is 11.5 Å². The van der Waals surface area contributed by atoms with Crippen LogP contribution >= 0.6 is 0 Å². The predicted octanol–water partition coefficient (Wildman–Crippen LogP) is 2.68. The van der Waals surface area contributed by atoms with Crippen molar-refractivity contribution in [1.29, 1.82) is 0 Å². The molecule has 1 aromatic carbocycles. The summed E-state index contributed by atoms with van der Waals surface area (Å²) in [5.74, 6) is 2.38. The number of benzene rings is 1. The molecule has 0 aliphatic heterocycles. The first-order chi connectivity index (χ1) is 13.5. The van der Waals surface area contributed by atoms with Gasteiger partial charge in [0.1, 0.15) is 11.5 Å². The highest BCUT2D eigenvalue weighted by atomic mass is 19.3. The van der Waals surface area contributed by atoms with Crippen LogP contribution in [0.25, 0.3) is 0 Å². The van der Waals surface area contributed by atoms with Gasteiger partial charge >= 0.3 is 6.61 Å². The number of halogens is 2. The molecule has 28 heavy (non-hydrogen) atoms. The summed E-state index contributed by atoms with van der Waals surface area (Å²) in [7, 11) is 1.51. The second kappa shape index (κ2) is 11.1. The van der Waals surface area contributed by atoms with Crippen molar-refractivity contribution in [2.24, 2.45) is 4.99 Å². The maximum absolute atomic E-state index is 12.6. The second-order valence-electron chi connectivity index (χ2n) is 5.81. The lowest BCUT2D eigenvalue weighted by atomic mass is 10.2. The summed E-state index contributed by atoms with van der Waals surface area (Å²) in [6.45, 7) is 2.24. The number of nitrogens with one attached hydrogen (secondary N) is 2. The third kappa shape index (κ3) is 7.01. The molecule has 0 spiro atoms. The summed E-state index contributed by atoms with van der Waals surface area (Å²) < 4.78 is 40.0. The Labute approximate surface area is 162 Å². The van der Waals surface area contributed by atoms with E-state index in [1.807, 2.05) is 6.92 Å². The third-order valence-electron chi connectivity index (χ3n) is 3.66. The van der Waals surface area contributed by atoms with Gasteiger partial charge in [0.25, 0.3) is 0 Å². The Morgan fingerprint density at radius 1 is 1.32 bits per heavy atom. The highest BCUT2D eigenvalue weighted by molar-refractivity contribution is 5.79. The van der Waals surface area contributed by atoms with E-state index >= 15 is 0 Å². The van der Waals surface area contributed by atoms with Crippen molar-refractivity contribution in [2.45, 2.75) is 39.8 Å². The van der Waals surface area contributed by atoms with Gasteiger partial charge in [0.05, 0.1) is 13.7 Å². The Balaban J connectivity index is 1.96. The zero-order chi connectivity index (χ0) is 20.4. The van der Waals surface area contributed by atoms with Crippen molar-refractivity contribution in [2.75, 3.05) is 20.2 Å². The smallest absolute Gasteiger partial charge is 0.387 e. The van der Waals surface area contributed by atoms with Crippen LogP contribution < -0.4 is 20.1 Å². The molecule has 0 fully saturated rings. The maximum Gasteiger partial charge on any atom is 0.387 e. The summed E-state index contributed by atoms with van der Waals surface area (Å²) in [6, 6.07) is 4.64. The lowest BCUT2D eigenvalue weighted by Gasteiger charge is -2.13. The Bertz CT molecular complexity index is 767. The SMILES string of the molecule is CCNC(=NCc1cc(OC)ccc1OC(F)F)NCCCc1nc(C)no1. The van der Waals surface area contributed by atoms with Gasteiger partial charge in [-0.3, -0.25) is 0 Å². The Morgan fingerprint density at radius 3 is 2.79 bits per heavy atom. The second-order valence-corrected chi connectivity index (χ2v) is 5.81. The molecule has 1 aromatic heterocycles. The topological polar surface area (TPSA) is 93.8 Å². The van der Waals surface area contributed by atoms with Crippen molar-refractivity contribution in [3.05, 3.63) is 35.5 Å². The van der Waals surface area contributed by atoms with Crippen LogP contribution in [-0.4, -0.2) is 42.9 Å². The van der Waals surface area contributed by atoms with Gasteiger partial charge in [-0.25, -0.2) is 4.99 Å². The number of alkyl halides is 2. The maximum atomic E-state index is 12.6. The Morgan fingerprint density at radius 2 is 2.14 bits per heavy atom. The monoisotopic (exact) mass is 397 g/mol. The Kier molecular flexibility index (Phi) is 8.44. The number of aliphatic imine (C=N–C) groups is 1. The number of nitrogens with zero attached hydrogens (tertiary/aromatic N) is 3. The van der Waals surface area contributed by atoms with Gasteiger partial charge < -0.3 is 24.6 Å². The van der Waals surface area contributed by atoms with E-state index in [0.29, 0.717) is 48.5 Å². The molecule has 0 aliphatic carbocycles. The lowest BCUT2D eigenvalue weighted by Crippen LogP contribution is -2.37. The van der Waals surface area contributed by atoms with Crippen LogP contribution in [-0.2, 0) is 13.0 Å². The van der Waals surface area contributed by atoms with Crippen LogP contribution in [0.15, 0.2) is 27.7 Å². The molecule has 0 amide bonds. The summed E-state index contributed by atoms with van der Waals surface area (Å²) in [6.07, 6.45) is 1.42. The molecule has 1 heterocycles. The largest absolute Gasteiger partial charge is 0.497 e. The first-order valence-electron chi connectivity index (χ1n) is 8.95. The van der Waals surface area contributed by atoms with Gasteiger partial charge in [-0.15, -0.1) is 0 Å². The zero-order valence-corrected chi connectivity index (χ0v) is 16.2. The highest BCUT2D eigenvalue weighted by Gasteiger charge is 2.11.